The van der Waals surface area contributed by atoms with Crippen LogP contribution in [0.15, 0.2) is 30.6 Å². The number of carbonyl (C=O) groups is 1. The van der Waals surface area contributed by atoms with Crippen LogP contribution in [0.25, 0.3) is 5.78 Å². The SMILES string of the molecule is O=C(c1c(F)cc(OCCC2C[C@@H]2C2CCN(c3nnc4ncccn34)CC2)cc1F)C1CC1. The molecule has 1 aliphatic heterocycles. The topological polar surface area (TPSA) is 72.6 Å². The van der Waals surface area contributed by atoms with Crippen LogP contribution in [0.3, 0.4) is 0 Å². The van der Waals surface area contributed by atoms with Gasteiger partial charge in [0.1, 0.15) is 17.4 Å². The minimum absolute atomic E-state index is 0.155. The van der Waals surface area contributed by atoms with Crippen molar-refractivity contribution in [1.82, 2.24) is 19.6 Å². The average molecular weight is 468 g/mol. The van der Waals surface area contributed by atoms with Gasteiger partial charge in [-0.15, -0.1) is 10.2 Å². The van der Waals surface area contributed by atoms with Gasteiger partial charge in [0.05, 0.1) is 12.2 Å². The van der Waals surface area contributed by atoms with Crippen LogP contribution in [0.5, 0.6) is 5.75 Å². The van der Waals surface area contributed by atoms with E-state index in [-0.39, 0.29) is 11.7 Å². The first-order valence-corrected chi connectivity index (χ1v) is 12.1. The number of aromatic nitrogens is 4. The highest BCUT2D eigenvalue weighted by atomic mass is 19.1. The molecule has 0 bridgehead atoms. The first kappa shape index (κ1) is 21.4. The van der Waals surface area contributed by atoms with Crippen molar-refractivity contribution in [3.8, 4) is 5.75 Å². The first-order chi connectivity index (χ1) is 16.6. The number of ether oxygens (including phenoxy) is 1. The fraction of sp³-hybridized carbons (Fsp3) is 0.520. The number of piperidine rings is 1. The minimum atomic E-state index is -0.820. The second-order valence-electron chi connectivity index (χ2n) is 9.81. The minimum Gasteiger partial charge on any atom is -0.493 e. The summed E-state index contributed by atoms with van der Waals surface area (Å²) in [5, 5.41) is 8.46. The summed E-state index contributed by atoms with van der Waals surface area (Å²) in [4.78, 5) is 18.6. The molecular weight excluding hydrogens is 440 g/mol. The van der Waals surface area contributed by atoms with Crippen LogP contribution in [0, 0.1) is 35.3 Å². The molecule has 3 aliphatic rings. The molecule has 2 aliphatic carbocycles. The van der Waals surface area contributed by atoms with Gasteiger partial charge in [-0.1, -0.05) is 0 Å². The molecule has 2 saturated carbocycles. The van der Waals surface area contributed by atoms with Crippen molar-refractivity contribution in [2.24, 2.45) is 23.7 Å². The molecule has 1 saturated heterocycles. The zero-order valence-electron chi connectivity index (χ0n) is 18.9. The van der Waals surface area contributed by atoms with E-state index in [1.54, 1.807) is 6.20 Å². The van der Waals surface area contributed by atoms with E-state index in [0.717, 1.165) is 50.4 Å². The third-order valence-corrected chi connectivity index (χ3v) is 7.54. The third-order valence-electron chi connectivity index (χ3n) is 7.54. The Bertz CT molecular complexity index is 1200. The van der Waals surface area contributed by atoms with E-state index in [1.165, 1.54) is 6.42 Å². The number of carbonyl (C=O) groups excluding carboxylic acids is 1. The molecule has 0 spiro atoms. The van der Waals surface area contributed by atoms with Gasteiger partial charge in [0.15, 0.2) is 5.78 Å². The summed E-state index contributed by atoms with van der Waals surface area (Å²) in [6.45, 7) is 2.32. The number of fused-ring (bicyclic) bond motifs is 1. The highest BCUT2D eigenvalue weighted by Crippen LogP contribution is 2.50. The van der Waals surface area contributed by atoms with Gasteiger partial charge in [0, 0.05) is 43.5 Å². The molecule has 1 aromatic carbocycles. The second kappa shape index (κ2) is 8.60. The predicted octanol–water partition coefficient (Wildman–Crippen LogP) is 4.32. The van der Waals surface area contributed by atoms with E-state index >= 15 is 0 Å². The number of nitrogens with zero attached hydrogens (tertiary/aromatic N) is 5. The second-order valence-corrected chi connectivity index (χ2v) is 9.81. The Labute approximate surface area is 196 Å². The molecule has 1 unspecified atom stereocenters. The van der Waals surface area contributed by atoms with E-state index in [0.29, 0.717) is 43.0 Å². The summed E-state index contributed by atoms with van der Waals surface area (Å²) in [6.07, 6.45) is 9.37. The number of benzene rings is 1. The molecule has 7 nitrogen and oxygen atoms in total. The molecule has 0 N–H and O–H groups in total. The molecular formula is C25H27F2N5O2. The first-order valence-electron chi connectivity index (χ1n) is 12.1. The van der Waals surface area contributed by atoms with E-state index in [1.807, 2.05) is 16.7 Å². The van der Waals surface area contributed by atoms with Crippen molar-refractivity contribution in [2.75, 3.05) is 24.6 Å². The largest absolute Gasteiger partial charge is 0.493 e. The molecule has 34 heavy (non-hydrogen) atoms. The zero-order valence-corrected chi connectivity index (χ0v) is 18.9. The Kier molecular flexibility index (Phi) is 5.42. The lowest BCUT2D eigenvalue weighted by molar-refractivity contribution is 0.0959. The molecule has 3 fully saturated rings. The Morgan fingerprint density at radius 3 is 2.59 bits per heavy atom. The van der Waals surface area contributed by atoms with E-state index in [4.69, 9.17) is 4.74 Å². The number of hydrogen-bond acceptors (Lipinski definition) is 6. The van der Waals surface area contributed by atoms with Gasteiger partial charge in [-0.05, 0) is 62.3 Å². The highest BCUT2D eigenvalue weighted by molar-refractivity contribution is 5.99. The normalized spacial score (nSPS) is 22.8. The van der Waals surface area contributed by atoms with Crippen molar-refractivity contribution < 1.29 is 18.3 Å². The van der Waals surface area contributed by atoms with E-state index in [9.17, 15) is 13.6 Å². The van der Waals surface area contributed by atoms with Gasteiger partial charge in [-0.2, -0.15) is 0 Å². The number of Topliss-reactive ketones (excluding diaryl/α,β-unsaturated/α-hetero) is 1. The average Bonchev–Trinajstić information content (AvgIpc) is 3.76. The lowest BCUT2D eigenvalue weighted by Crippen LogP contribution is -2.35. The van der Waals surface area contributed by atoms with Gasteiger partial charge >= 0.3 is 0 Å². The smallest absolute Gasteiger partial charge is 0.256 e. The quantitative estimate of drug-likeness (QED) is 0.460. The summed E-state index contributed by atoms with van der Waals surface area (Å²) < 4.78 is 36.2. The maximum atomic E-state index is 14.3. The summed E-state index contributed by atoms with van der Waals surface area (Å²) in [6, 6.07) is 4.17. The van der Waals surface area contributed by atoms with Crippen LogP contribution in [-0.2, 0) is 0 Å². The van der Waals surface area contributed by atoms with Crippen LogP contribution >= 0.6 is 0 Å². The van der Waals surface area contributed by atoms with Crippen LogP contribution in [0.1, 0.15) is 48.9 Å². The summed E-state index contributed by atoms with van der Waals surface area (Å²) in [7, 11) is 0. The molecule has 2 aromatic heterocycles. The maximum absolute atomic E-state index is 14.3. The zero-order chi connectivity index (χ0) is 23.2. The van der Waals surface area contributed by atoms with Crippen molar-refractivity contribution in [3.63, 3.8) is 0 Å². The standard InChI is InChI=1S/C25H27F2N5O2/c26-20-13-18(14-21(27)22(20)23(33)16-2-3-16)34-11-6-17-12-19(17)15-4-9-31(10-5-15)25-30-29-24-28-7-1-8-32(24)25/h1,7-8,13-17,19H,2-6,9-12H2/t17?,19-/m1/s1. The van der Waals surface area contributed by atoms with Gasteiger partial charge in [-0.25, -0.2) is 13.8 Å². The Balaban J connectivity index is 0.976. The molecule has 2 atom stereocenters. The molecule has 3 aromatic rings. The van der Waals surface area contributed by atoms with Crippen molar-refractivity contribution in [1.29, 1.82) is 0 Å². The summed E-state index contributed by atoms with van der Waals surface area (Å²) in [5.41, 5.74) is -0.418. The van der Waals surface area contributed by atoms with Crippen LogP contribution in [0.2, 0.25) is 0 Å². The third kappa shape index (κ3) is 4.12. The van der Waals surface area contributed by atoms with Crippen LogP contribution < -0.4 is 9.64 Å². The Hall–Kier alpha value is -3.10. The Morgan fingerprint density at radius 2 is 1.85 bits per heavy atom. The molecule has 6 rings (SSSR count). The van der Waals surface area contributed by atoms with Crippen molar-refractivity contribution in [3.05, 3.63) is 47.8 Å². The molecule has 3 heterocycles. The van der Waals surface area contributed by atoms with Gasteiger partial charge < -0.3 is 9.64 Å². The number of anilines is 1. The molecule has 0 amide bonds. The number of rotatable bonds is 8. The highest BCUT2D eigenvalue weighted by Gasteiger charge is 2.43. The molecule has 0 radical (unpaired) electrons. The lowest BCUT2D eigenvalue weighted by Gasteiger charge is -2.32. The van der Waals surface area contributed by atoms with Gasteiger partial charge in [-0.3, -0.25) is 9.20 Å². The summed E-state index contributed by atoms with van der Waals surface area (Å²) >= 11 is 0. The van der Waals surface area contributed by atoms with Gasteiger partial charge in [0.2, 0.25) is 5.95 Å². The van der Waals surface area contributed by atoms with Crippen LogP contribution in [-0.4, -0.2) is 45.1 Å². The lowest BCUT2D eigenvalue weighted by atomic mass is 9.90. The molecule has 9 heteroatoms. The van der Waals surface area contributed by atoms with Crippen molar-refractivity contribution in [2.45, 2.75) is 38.5 Å². The fourth-order valence-electron chi connectivity index (χ4n) is 5.40. The number of ketones is 1. The number of hydrogen-bond donors (Lipinski definition) is 0. The van der Waals surface area contributed by atoms with E-state index in [2.05, 4.69) is 20.1 Å². The number of halogens is 2. The monoisotopic (exact) mass is 467 g/mol. The summed E-state index contributed by atoms with van der Waals surface area (Å²) in [5.74, 6) is 1.30. The maximum Gasteiger partial charge on any atom is 0.256 e. The van der Waals surface area contributed by atoms with E-state index < -0.39 is 23.0 Å². The Morgan fingerprint density at radius 1 is 1.09 bits per heavy atom. The van der Waals surface area contributed by atoms with Crippen LogP contribution in [0.4, 0.5) is 14.7 Å². The van der Waals surface area contributed by atoms with Gasteiger partial charge in [0.25, 0.3) is 5.78 Å². The molecule has 178 valence electrons. The van der Waals surface area contributed by atoms with Crippen molar-refractivity contribution >= 4 is 17.5 Å². The fourth-order valence-corrected chi connectivity index (χ4v) is 5.40. The predicted molar refractivity (Wildman–Crippen MR) is 121 cm³/mol.